The van der Waals surface area contributed by atoms with E-state index in [1.54, 1.807) is 13.0 Å². The molecule has 1 heterocycles. The maximum Gasteiger partial charge on any atom is 0.427 e. The summed E-state index contributed by atoms with van der Waals surface area (Å²) in [4.78, 5) is 9.96. The lowest BCUT2D eigenvalue weighted by molar-refractivity contribution is -0.137. The lowest BCUT2D eigenvalue weighted by Crippen LogP contribution is -2.09. The van der Waals surface area contributed by atoms with Crippen molar-refractivity contribution in [3.8, 4) is 28.5 Å². The number of alkyl halides is 3. The third kappa shape index (κ3) is 5.41. The zero-order valence-electron chi connectivity index (χ0n) is 18.5. The van der Waals surface area contributed by atoms with Crippen molar-refractivity contribution in [3.63, 3.8) is 0 Å². The Labute approximate surface area is 196 Å². The lowest BCUT2D eigenvalue weighted by atomic mass is 10.0. The number of carbonyl (C=O) groups is 1. The van der Waals surface area contributed by atoms with E-state index in [2.05, 4.69) is 4.37 Å². The van der Waals surface area contributed by atoms with Crippen LogP contribution in [0, 0.1) is 12.7 Å². The number of carboxylic acid groups (broad SMARTS) is 1. The number of nitrogens with zero attached hydrogens (tertiary/aromatic N) is 1. The van der Waals surface area contributed by atoms with E-state index in [4.69, 9.17) is 19.3 Å². The number of benzene rings is 2. The fourth-order valence-electron chi connectivity index (χ4n) is 3.34. The molecule has 34 heavy (non-hydrogen) atoms. The summed E-state index contributed by atoms with van der Waals surface area (Å²) in [6, 6.07) is 7.13. The van der Waals surface area contributed by atoms with Crippen molar-refractivity contribution >= 4 is 17.5 Å². The smallest absolute Gasteiger partial charge is 0.427 e. The van der Waals surface area contributed by atoms with E-state index in [0.717, 1.165) is 6.07 Å². The largest absolute Gasteiger partial charge is 0.492 e. The van der Waals surface area contributed by atoms with Crippen LogP contribution in [0.5, 0.6) is 17.2 Å². The molecule has 3 rings (SSSR count). The van der Waals surface area contributed by atoms with Gasteiger partial charge in [-0.3, -0.25) is 4.79 Å². The summed E-state index contributed by atoms with van der Waals surface area (Å²) in [6.45, 7) is 1.02. The van der Waals surface area contributed by atoms with E-state index in [1.165, 1.54) is 32.4 Å². The Hall–Kier alpha value is -3.34. The van der Waals surface area contributed by atoms with Gasteiger partial charge in [0.1, 0.15) is 17.3 Å². The molecule has 182 valence electrons. The fraction of sp³-hybridized carbons (Fsp3) is 0.304. The van der Waals surface area contributed by atoms with Gasteiger partial charge in [0.05, 0.1) is 19.9 Å². The molecule has 2 aromatic carbocycles. The quantitative estimate of drug-likeness (QED) is 0.370. The minimum atomic E-state index is -4.68. The highest BCUT2D eigenvalue weighted by Crippen LogP contribution is 2.43. The van der Waals surface area contributed by atoms with Crippen LogP contribution in [0.3, 0.4) is 0 Å². The molecule has 0 fully saturated rings. The predicted molar refractivity (Wildman–Crippen MR) is 117 cm³/mol. The van der Waals surface area contributed by atoms with E-state index in [-0.39, 0.29) is 58.4 Å². The molecule has 0 amide bonds. The fourth-order valence-corrected chi connectivity index (χ4v) is 4.10. The normalized spacial score (nSPS) is 11.4. The van der Waals surface area contributed by atoms with Gasteiger partial charge in [0.2, 0.25) is 5.75 Å². The molecule has 3 aromatic rings. The summed E-state index contributed by atoms with van der Waals surface area (Å²) in [5.41, 5.74) is 0.824. The summed E-state index contributed by atoms with van der Waals surface area (Å²) >= 11 is 0.263. The first-order chi connectivity index (χ1) is 16.1. The Bertz CT molecular complexity index is 1190. The van der Waals surface area contributed by atoms with Gasteiger partial charge in [-0.25, -0.2) is 4.39 Å². The number of aromatic nitrogens is 1. The van der Waals surface area contributed by atoms with Crippen molar-refractivity contribution < 1.29 is 41.7 Å². The molecule has 0 aliphatic rings. The minimum absolute atomic E-state index is 0.0276. The van der Waals surface area contributed by atoms with Crippen LogP contribution < -0.4 is 14.2 Å². The van der Waals surface area contributed by atoms with Crippen LogP contribution in [0.2, 0.25) is 0 Å². The van der Waals surface area contributed by atoms with E-state index in [9.17, 15) is 22.4 Å². The number of ether oxygens (including phenoxy) is 3. The summed E-state index contributed by atoms with van der Waals surface area (Å²) < 4.78 is 75.4. The molecule has 0 aliphatic carbocycles. The lowest BCUT2D eigenvalue weighted by Gasteiger charge is -2.17. The van der Waals surface area contributed by atoms with Crippen LogP contribution in [0.25, 0.3) is 11.3 Å². The monoisotopic (exact) mass is 499 g/mol. The van der Waals surface area contributed by atoms with Gasteiger partial charge >= 0.3 is 12.1 Å². The van der Waals surface area contributed by atoms with Crippen LogP contribution in [0.15, 0.2) is 30.3 Å². The molecule has 0 aliphatic heterocycles. The minimum Gasteiger partial charge on any atom is -0.492 e. The summed E-state index contributed by atoms with van der Waals surface area (Å²) in [7, 11) is 2.69. The van der Waals surface area contributed by atoms with Gasteiger partial charge in [-0.2, -0.15) is 17.5 Å². The first-order valence-corrected chi connectivity index (χ1v) is 10.7. The first-order valence-electron chi connectivity index (χ1n) is 9.97. The number of carboxylic acids is 1. The number of hydrogen-bond donors (Lipinski definition) is 1. The third-order valence-corrected chi connectivity index (χ3v) is 5.97. The number of aryl methyl sites for hydroxylation is 2. The van der Waals surface area contributed by atoms with Crippen molar-refractivity contribution in [2.45, 2.75) is 32.5 Å². The van der Waals surface area contributed by atoms with Crippen molar-refractivity contribution in [1.29, 1.82) is 0 Å². The van der Waals surface area contributed by atoms with Crippen molar-refractivity contribution in [3.05, 3.63) is 57.7 Å². The highest BCUT2D eigenvalue weighted by molar-refractivity contribution is 7.06. The van der Waals surface area contributed by atoms with E-state index in [0.29, 0.717) is 11.1 Å². The number of methoxy groups -OCH3 is 2. The van der Waals surface area contributed by atoms with Gasteiger partial charge in [0.15, 0.2) is 11.5 Å². The molecule has 0 atom stereocenters. The van der Waals surface area contributed by atoms with Gasteiger partial charge in [-0.15, -0.1) is 0 Å². The highest BCUT2D eigenvalue weighted by atomic mass is 32.1. The number of hydrogen-bond acceptors (Lipinski definition) is 6. The zero-order chi connectivity index (χ0) is 25.0. The first kappa shape index (κ1) is 25.3. The van der Waals surface area contributed by atoms with Crippen LogP contribution >= 0.6 is 11.5 Å². The second-order valence-corrected chi connectivity index (χ2v) is 8.05. The van der Waals surface area contributed by atoms with Gasteiger partial charge in [-0.05, 0) is 48.1 Å². The molecule has 0 bridgehead atoms. The standard InChI is InChI=1S/C23H21F4NO5S/c1-12-4-5-14(10-16(12)24)19-15(22(34-28-19)23(25,26)27)11-33-17-8-6-13(7-9-18(29)30)20(31-2)21(17)32-3/h4-6,8,10H,7,9,11H2,1-3H3,(H,29,30). The maximum absolute atomic E-state index is 14.1. The van der Waals surface area contributed by atoms with Crippen molar-refractivity contribution in [2.75, 3.05) is 14.2 Å². The van der Waals surface area contributed by atoms with E-state index in [1.807, 2.05) is 0 Å². The SMILES string of the molecule is COc1c(CCC(=O)O)ccc(OCc2c(-c3ccc(C)c(F)c3)nsc2C(F)(F)F)c1OC. The predicted octanol–water partition coefficient (Wildman–Crippen LogP) is 5.89. The number of rotatable bonds is 9. The van der Waals surface area contributed by atoms with Gasteiger partial charge in [0.25, 0.3) is 0 Å². The topological polar surface area (TPSA) is 77.9 Å². The summed E-state index contributed by atoms with van der Waals surface area (Å²) in [6.07, 6.45) is -4.67. The van der Waals surface area contributed by atoms with Crippen LogP contribution in [0.1, 0.15) is 28.0 Å². The second kappa shape index (κ2) is 10.3. The molecule has 1 N–H and O–H groups in total. The van der Waals surface area contributed by atoms with Gasteiger partial charge < -0.3 is 19.3 Å². The summed E-state index contributed by atoms with van der Waals surface area (Å²) in [5, 5.41) is 8.94. The van der Waals surface area contributed by atoms with E-state index >= 15 is 0 Å². The Balaban J connectivity index is 1.99. The molecule has 6 nitrogen and oxygen atoms in total. The molecule has 0 radical (unpaired) electrons. The number of aliphatic carboxylic acids is 1. The Morgan fingerprint density at radius 3 is 2.41 bits per heavy atom. The Morgan fingerprint density at radius 2 is 1.82 bits per heavy atom. The second-order valence-electron chi connectivity index (χ2n) is 7.27. The third-order valence-electron chi connectivity index (χ3n) is 5.04. The molecule has 0 unspecified atom stereocenters. The highest BCUT2D eigenvalue weighted by Gasteiger charge is 2.38. The Kier molecular flexibility index (Phi) is 7.65. The summed E-state index contributed by atoms with van der Waals surface area (Å²) in [5.74, 6) is -1.12. The van der Waals surface area contributed by atoms with Crippen LogP contribution in [-0.2, 0) is 24.0 Å². The molecule has 0 saturated carbocycles. The van der Waals surface area contributed by atoms with E-state index < -0.39 is 29.4 Å². The molecule has 0 spiro atoms. The number of halogens is 4. The molecule has 0 saturated heterocycles. The molecule has 11 heteroatoms. The molecular weight excluding hydrogens is 478 g/mol. The molecular formula is C23H21F4NO5S. The maximum atomic E-state index is 14.1. The van der Waals surface area contributed by atoms with Crippen LogP contribution in [0.4, 0.5) is 17.6 Å². The molecule has 1 aromatic heterocycles. The average Bonchev–Trinajstić information content (AvgIpc) is 3.22. The van der Waals surface area contributed by atoms with Crippen LogP contribution in [-0.4, -0.2) is 29.7 Å². The van der Waals surface area contributed by atoms with Crippen molar-refractivity contribution in [1.82, 2.24) is 4.37 Å². The zero-order valence-corrected chi connectivity index (χ0v) is 19.3. The average molecular weight is 499 g/mol. The van der Waals surface area contributed by atoms with Gasteiger partial charge in [0, 0.05) is 17.5 Å². The van der Waals surface area contributed by atoms with Gasteiger partial charge in [-0.1, -0.05) is 18.2 Å². The van der Waals surface area contributed by atoms with Crippen molar-refractivity contribution in [2.24, 2.45) is 0 Å². The Morgan fingerprint density at radius 1 is 1.12 bits per heavy atom.